The standard InChI is InChI=1S/C21H21N3O6S/c1-13(25)14-4-2-6-16(10-14)22-20(26)15-5-3-9-24(12-15)31(28,29)17-7-8-18-19(11-17)30-21(27)23-18/h2,4,6-8,10-11,15H,3,5,9,12H2,1H3,(H,22,26)(H,23,27)/t15-/m0/s1. The number of oxazole rings is 1. The van der Waals surface area contributed by atoms with E-state index in [1.54, 1.807) is 24.3 Å². The first-order valence-electron chi connectivity index (χ1n) is 9.79. The molecule has 0 aliphatic carbocycles. The predicted octanol–water partition coefficient (Wildman–Crippen LogP) is 2.36. The van der Waals surface area contributed by atoms with E-state index in [2.05, 4.69) is 10.3 Å². The van der Waals surface area contributed by atoms with Crippen LogP contribution in [0.1, 0.15) is 30.1 Å². The van der Waals surface area contributed by atoms with Crippen LogP contribution in [0.4, 0.5) is 5.69 Å². The Balaban J connectivity index is 1.51. The first kappa shape index (κ1) is 21.0. The average Bonchev–Trinajstić information content (AvgIpc) is 3.13. The number of anilines is 1. The molecule has 9 nitrogen and oxygen atoms in total. The van der Waals surface area contributed by atoms with E-state index >= 15 is 0 Å². The second-order valence-corrected chi connectivity index (χ2v) is 9.44. The van der Waals surface area contributed by atoms with Gasteiger partial charge in [-0.2, -0.15) is 4.31 Å². The predicted molar refractivity (Wildman–Crippen MR) is 113 cm³/mol. The van der Waals surface area contributed by atoms with E-state index in [1.807, 2.05) is 0 Å². The van der Waals surface area contributed by atoms with Gasteiger partial charge in [0.1, 0.15) is 0 Å². The van der Waals surface area contributed by atoms with Crippen molar-refractivity contribution in [2.75, 3.05) is 18.4 Å². The Kier molecular flexibility index (Phi) is 5.50. The largest absolute Gasteiger partial charge is 0.417 e. The molecule has 0 radical (unpaired) electrons. The van der Waals surface area contributed by atoms with Crippen LogP contribution in [-0.2, 0) is 14.8 Å². The molecule has 3 aromatic rings. The van der Waals surface area contributed by atoms with Crippen LogP contribution in [-0.4, -0.2) is 42.5 Å². The molecule has 4 rings (SSSR count). The number of aromatic nitrogens is 1. The molecule has 0 unspecified atom stereocenters. The van der Waals surface area contributed by atoms with Gasteiger partial charge in [0.05, 0.1) is 16.3 Å². The Morgan fingerprint density at radius 2 is 2.00 bits per heavy atom. The van der Waals surface area contributed by atoms with Crippen molar-refractivity contribution < 1.29 is 22.4 Å². The number of fused-ring (bicyclic) bond motifs is 1. The van der Waals surface area contributed by atoms with Gasteiger partial charge < -0.3 is 9.73 Å². The van der Waals surface area contributed by atoms with Crippen molar-refractivity contribution >= 4 is 38.5 Å². The van der Waals surface area contributed by atoms with Crippen molar-refractivity contribution in [3.05, 3.63) is 58.6 Å². The number of amides is 1. The minimum atomic E-state index is -3.87. The zero-order valence-corrected chi connectivity index (χ0v) is 17.6. The molecule has 1 saturated heterocycles. The molecule has 1 fully saturated rings. The van der Waals surface area contributed by atoms with Gasteiger partial charge in [0.25, 0.3) is 0 Å². The molecule has 1 aromatic heterocycles. The van der Waals surface area contributed by atoms with Crippen molar-refractivity contribution in [1.82, 2.24) is 9.29 Å². The normalized spacial score (nSPS) is 17.5. The summed E-state index contributed by atoms with van der Waals surface area (Å²) in [6.07, 6.45) is 1.09. The fourth-order valence-electron chi connectivity index (χ4n) is 3.67. The lowest BCUT2D eigenvalue weighted by atomic mass is 9.98. The maximum absolute atomic E-state index is 13.1. The van der Waals surface area contributed by atoms with Gasteiger partial charge in [-0.3, -0.25) is 14.6 Å². The quantitative estimate of drug-likeness (QED) is 0.583. The molecule has 1 aliphatic heterocycles. The lowest BCUT2D eigenvalue weighted by Crippen LogP contribution is -2.43. The molecule has 1 amide bonds. The van der Waals surface area contributed by atoms with E-state index in [9.17, 15) is 22.8 Å². The fraction of sp³-hybridized carbons (Fsp3) is 0.286. The number of hydrogen-bond donors (Lipinski definition) is 2. The molecule has 1 aliphatic rings. The number of benzene rings is 2. The third-order valence-electron chi connectivity index (χ3n) is 5.32. The van der Waals surface area contributed by atoms with Crippen LogP contribution in [0.3, 0.4) is 0 Å². The van der Waals surface area contributed by atoms with Crippen molar-refractivity contribution in [1.29, 1.82) is 0 Å². The zero-order valence-electron chi connectivity index (χ0n) is 16.8. The molecule has 0 bridgehead atoms. The number of piperidine rings is 1. The van der Waals surface area contributed by atoms with E-state index in [-0.39, 0.29) is 28.7 Å². The number of ketones is 1. The Hall–Kier alpha value is -3.24. The maximum Gasteiger partial charge on any atom is 0.417 e. The molecule has 0 saturated carbocycles. The number of carbonyl (C=O) groups is 2. The summed E-state index contributed by atoms with van der Waals surface area (Å²) in [6.45, 7) is 1.78. The lowest BCUT2D eigenvalue weighted by Gasteiger charge is -2.31. The summed E-state index contributed by atoms with van der Waals surface area (Å²) >= 11 is 0. The van der Waals surface area contributed by atoms with Gasteiger partial charge in [0.2, 0.25) is 15.9 Å². The second kappa shape index (κ2) is 8.12. The number of carbonyl (C=O) groups excluding carboxylic acids is 2. The molecule has 162 valence electrons. The van der Waals surface area contributed by atoms with Gasteiger partial charge in [-0.1, -0.05) is 12.1 Å². The highest BCUT2D eigenvalue weighted by molar-refractivity contribution is 7.89. The SMILES string of the molecule is CC(=O)c1cccc(NC(=O)[C@H]2CCCN(S(=O)(=O)c3ccc4[nH]c(=O)oc4c3)C2)c1. The number of hydrogen-bond acceptors (Lipinski definition) is 6. The molecular weight excluding hydrogens is 422 g/mol. The van der Waals surface area contributed by atoms with Crippen LogP contribution in [0, 0.1) is 5.92 Å². The summed E-state index contributed by atoms with van der Waals surface area (Å²) in [5, 5.41) is 2.78. The van der Waals surface area contributed by atoms with Gasteiger partial charge in [-0.25, -0.2) is 13.2 Å². The zero-order chi connectivity index (χ0) is 22.2. The van der Waals surface area contributed by atoms with Crippen LogP contribution in [0.25, 0.3) is 11.1 Å². The maximum atomic E-state index is 13.1. The fourth-order valence-corrected chi connectivity index (χ4v) is 5.21. The van der Waals surface area contributed by atoms with Crippen LogP contribution in [0.2, 0.25) is 0 Å². The number of nitrogens with zero attached hydrogens (tertiary/aromatic N) is 1. The Morgan fingerprint density at radius 3 is 2.77 bits per heavy atom. The summed E-state index contributed by atoms with van der Waals surface area (Å²) in [6, 6.07) is 10.8. The van der Waals surface area contributed by atoms with E-state index in [1.165, 1.54) is 29.4 Å². The molecule has 2 N–H and O–H groups in total. The molecular formula is C21H21N3O6S. The highest BCUT2D eigenvalue weighted by atomic mass is 32.2. The number of nitrogens with one attached hydrogen (secondary N) is 2. The summed E-state index contributed by atoms with van der Waals surface area (Å²) in [7, 11) is -3.87. The van der Waals surface area contributed by atoms with Crippen molar-refractivity contribution in [3.8, 4) is 0 Å². The second-order valence-electron chi connectivity index (χ2n) is 7.50. The van der Waals surface area contributed by atoms with Crippen molar-refractivity contribution in [2.45, 2.75) is 24.7 Å². The molecule has 0 spiro atoms. The molecule has 2 heterocycles. The Labute approximate surface area is 178 Å². The molecule has 31 heavy (non-hydrogen) atoms. The number of H-pyrrole nitrogens is 1. The summed E-state index contributed by atoms with van der Waals surface area (Å²) < 4.78 is 32.5. The van der Waals surface area contributed by atoms with Gasteiger partial charge in [-0.15, -0.1) is 0 Å². The van der Waals surface area contributed by atoms with E-state index in [0.29, 0.717) is 36.2 Å². The number of rotatable bonds is 5. The summed E-state index contributed by atoms with van der Waals surface area (Å²) in [5.74, 6) is -1.60. The van der Waals surface area contributed by atoms with Gasteiger partial charge in [0, 0.05) is 30.4 Å². The van der Waals surface area contributed by atoms with Gasteiger partial charge in [0.15, 0.2) is 11.4 Å². The van der Waals surface area contributed by atoms with E-state index in [4.69, 9.17) is 4.42 Å². The Bertz CT molecular complexity index is 1320. The first-order valence-corrected chi connectivity index (χ1v) is 11.2. The van der Waals surface area contributed by atoms with Gasteiger partial charge in [-0.05, 0) is 44.0 Å². The number of Topliss-reactive ketones (excluding diaryl/α,β-unsaturated/α-hetero) is 1. The number of aromatic amines is 1. The summed E-state index contributed by atoms with van der Waals surface area (Å²) in [4.78, 5) is 38.1. The van der Waals surface area contributed by atoms with Crippen LogP contribution >= 0.6 is 0 Å². The topological polar surface area (TPSA) is 130 Å². The molecule has 10 heteroatoms. The summed E-state index contributed by atoms with van der Waals surface area (Å²) in [5.41, 5.74) is 1.54. The van der Waals surface area contributed by atoms with Gasteiger partial charge >= 0.3 is 5.76 Å². The smallest absolute Gasteiger partial charge is 0.408 e. The van der Waals surface area contributed by atoms with E-state index in [0.717, 1.165) is 0 Å². The average molecular weight is 443 g/mol. The highest BCUT2D eigenvalue weighted by Gasteiger charge is 2.33. The minimum absolute atomic E-state index is 0.00188. The molecule has 2 aromatic carbocycles. The van der Waals surface area contributed by atoms with Crippen molar-refractivity contribution in [2.24, 2.45) is 5.92 Å². The Morgan fingerprint density at radius 1 is 1.19 bits per heavy atom. The third kappa shape index (κ3) is 4.30. The van der Waals surface area contributed by atoms with E-state index < -0.39 is 21.7 Å². The molecule has 1 atom stereocenters. The monoisotopic (exact) mass is 443 g/mol. The first-order chi connectivity index (χ1) is 14.7. The highest BCUT2D eigenvalue weighted by Crippen LogP contribution is 2.26. The van der Waals surface area contributed by atoms with Crippen molar-refractivity contribution in [3.63, 3.8) is 0 Å². The minimum Gasteiger partial charge on any atom is -0.408 e. The van der Waals surface area contributed by atoms with Crippen LogP contribution in [0.15, 0.2) is 56.6 Å². The lowest BCUT2D eigenvalue weighted by molar-refractivity contribution is -0.120. The number of sulfonamides is 1. The van der Waals surface area contributed by atoms with Crippen LogP contribution in [0.5, 0.6) is 0 Å². The van der Waals surface area contributed by atoms with Crippen LogP contribution < -0.4 is 11.1 Å². The third-order valence-corrected chi connectivity index (χ3v) is 7.18.